The Morgan fingerprint density at radius 2 is 1.58 bits per heavy atom. The molecule has 0 heterocycles. The van der Waals surface area contributed by atoms with E-state index in [1.165, 1.54) is 40.4 Å². The summed E-state index contributed by atoms with van der Waals surface area (Å²) in [5.74, 6) is -1.17. The van der Waals surface area contributed by atoms with E-state index in [4.69, 9.17) is 9.68 Å². The Hall–Kier alpha value is -1.97. The first-order valence-electron chi connectivity index (χ1n) is 7.17. The van der Waals surface area contributed by atoms with E-state index in [0.717, 1.165) is 10.1 Å². The summed E-state index contributed by atoms with van der Waals surface area (Å²) in [7, 11) is 1.34. The first-order chi connectivity index (χ1) is 11.3. The third kappa shape index (κ3) is 4.76. The first kappa shape index (κ1) is 20.1. The first-order valence-corrected chi connectivity index (χ1v) is 8.71. The van der Waals surface area contributed by atoms with Crippen LogP contribution >= 0.6 is 0 Å². The summed E-state index contributed by atoms with van der Waals surface area (Å²) < 4.78 is 25.6. The quantitative estimate of drug-likeness (QED) is 0.634. The number of carbonyl (C=O) groups excluding carboxylic acids is 2. The average molecular weight is 358 g/mol. The summed E-state index contributed by atoms with van der Waals surface area (Å²) in [6.45, 7) is 0. The summed E-state index contributed by atoms with van der Waals surface area (Å²) in [6.07, 6.45) is -0.347. The maximum absolute atomic E-state index is 12.8. The van der Waals surface area contributed by atoms with E-state index < -0.39 is 26.9 Å². The molecule has 0 bridgehead atoms. The van der Waals surface area contributed by atoms with Crippen LogP contribution in [0.25, 0.3) is 0 Å². The van der Waals surface area contributed by atoms with Crippen LogP contribution in [0.3, 0.4) is 0 Å². The van der Waals surface area contributed by atoms with Gasteiger partial charge in [-0.25, -0.2) is 18.5 Å². The summed E-state index contributed by atoms with van der Waals surface area (Å²) in [6, 6.07) is 7.63. The third-order valence-electron chi connectivity index (χ3n) is 3.55. The number of benzene rings is 1. The fraction of sp³-hybridized carbons (Fsp3) is 0.467. The summed E-state index contributed by atoms with van der Waals surface area (Å²) in [4.78, 5) is 33.8. The lowest BCUT2D eigenvalue weighted by molar-refractivity contribution is -0.170. The highest BCUT2D eigenvalue weighted by Crippen LogP contribution is 2.21. The van der Waals surface area contributed by atoms with E-state index >= 15 is 0 Å². The van der Waals surface area contributed by atoms with Gasteiger partial charge in [0.1, 0.15) is 5.25 Å². The minimum absolute atomic E-state index is 0.0143. The molecular weight excluding hydrogens is 336 g/mol. The van der Waals surface area contributed by atoms with Crippen molar-refractivity contribution < 1.29 is 27.7 Å². The normalized spacial score (nSPS) is 12.5. The van der Waals surface area contributed by atoms with Gasteiger partial charge in [0, 0.05) is 20.5 Å². The zero-order valence-electron chi connectivity index (χ0n) is 14.1. The van der Waals surface area contributed by atoms with Gasteiger partial charge in [-0.2, -0.15) is 0 Å². The van der Waals surface area contributed by atoms with Gasteiger partial charge in [0.15, 0.2) is 9.84 Å². The van der Waals surface area contributed by atoms with Crippen molar-refractivity contribution in [1.29, 1.82) is 0 Å². The molecule has 1 rings (SSSR count). The van der Waals surface area contributed by atoms with Gasteiger partial charge in [-0.05, 0) is 18.6 Å². The van der Waals surface area contributed by atoms with Gasteiger partial charge in [0.2, 0.25) is 5.91 Å². The van der Waals surface area contributed by atoms with Crippen LogP contribution in [0, 0.1) is 0 Å². The van der Waals surface area contributed by atoms with E-state index in [1.54, 1.807) is 18.2 Å². The van der Waals surface area contributed by atoms with Crippen molar-refractivity contribution >= 4 is 21.7 Å². The number of carbonyl (C=O) groups is 2. The predicted octanol–water partition coefficient (Wildman–Crippen LogP) is 0.649. The summed E-state index contributed by atoms with van der Waals surface area (Å²) in [5, 5.41) is 0.394. The zero-order chi connectivity index (χ0) is 18.3. The minimum Gasteiger partial charge on any atom is -0.275 e. The number of hydroxylamine groups is 4. The maximum atomic E-state index is 12.8. The average Bonchev–Trinajstić information content (AvgIpc) is 2.60. The molecule has 0 fully saturated rings. The molecule has 1 aromatic carbocycles. The van der Waals surface area contributed by atoms with E-state index in [1.807, 2.05) is 0 Å². The second kappa shape index (κ2) is 8.76. The molecule has 0 saturated carbocycles. The lowest BCUT2D eigenvalue weighted by Crippen LogP contribution is -2.41. The Morgan fingerprint density at radius 3 is 2.08 bits per heavy atom. The largest absolute Gasteiger partial charge is 0.275 e. The van der Waals surface area contributed by atoms with Crippen LogP contribution in [-0.2, 0) is 29.1 Å². The third-order valence-corrected chi connectivity index (χ3v) is 5.67. The fourth-order valence-corrected chi connectivity index (χ4v) is 3.70. The molecule has 0 aromatic heterocycles. The van der Waals surface area contributed by atoms with E-state index in [9.17, 15) is 18.0 Å². The SMILES string of the molecule is CON(C)C(=O)CCC(C(=O)N(C)OC)S(=O)(=O)c1ccccc1. The second-order valence-corrected chi connectivity index (χ2v) is 7.11. The molecule has 24 heavy (non-hydrogen) atoms. The Balaban J connectivity index is 3.10. The highest BCUT2D eigenvalue weighted by molar-refractivity contribution is 7.92. The standard InChI is InChI=1S/C15H22N2O6S/c1-16(22-3)14(18)11-10-13(15(19)17(2)23-4)24(20,21)12-8-6-5-7-9-12/h5-9,13H,10-11H2,1-4H3. The number of nitrogens with zero attached hydrogens (tertiary/aromatic N) is 2. The van der Waals surface area contributed by atoms with Crippen LogP contribution in [0.2, 0.25) is 0 Å². The molecular formula is C15H22N2O6S. The number of sulfone groups is 1. The number of rotatable bonds is 8. The summed E-state index contributed by atoms with van der Waals surface area (Å²) >= 11 is 0. The Labute approximate surface area is 141 Å². The van der Waals surface area contributed by atoms with Crippen molar-refractivity contribution in [2.75, 3.05) is 28.3 Å². The lowest BCUT2D eigenvalue weighted by Gasteiger charge is -2.22. The van der Waals surface area contributed by atoms with Crippen LogP contribution < -0.4 is 0 Å². The van der Waals surface area contributed by atoms with E-state index in [-0.39, 0.29) is 17.7 Å². The zero-order valence-corrected chi connectivity index (χ0v) is 14.9. The maximum Gasteiger partial charge on any atom is 0.264 e. The van der Waals surface area contributed by atoms with Crippen LogP contribution in [-0.4, -0.2) is 63.9 Å². The van der Waals surface area contributed by atoms with E-state index in [0.29, 0.717) is 0 Å². The monoisotopic (exact) mass is 358 g/mol. The molecule has 134 valence electrons. The van der Waals surface area contributed by atoms with Crippen LogP contribution in [0.4, 0.5) is 0 Å². The molecule has 1 unspecified atom stereocenters. The van der Waals surface area contributed by atoms with Crippen molar-refractivity contribution in [3.8, 4) is 0 Å². The molecule has 0 aliphatic rings. The molecule has 0 spiro atoms. The van der Waals surface area contributed by atoms with Gasteiger partial charge in [-0.15, -0.1) is 0 Å². The molecule has 2 amide bonds. The van der Waals surface area contributed by atoms with E-state index in [2.05, 4.69) is 0 Å². The van der Waals surface area contributed by atoms with Crippen LogP contribution in [0.5, 0.6) is 0 Å². The Morgan fingerprint density at radius 1 is 1.04 bits per heavy atom. The van der Waals surface area contributed by atoms with Crippen molar-refractivity contribution in [1.82, 2.24) is 10.1 Å². The number of hydrogen-bond donors (Lipinski definition) is 0. The minimum atomic E-state index is -3.97. The van der Waals surface area contributed by atoms with Crippen molar-refractivity contribution in [3.63, 3.8) is 0 Å². The fourth-order valence-electron chi connectivity index (χ4n) is 1.99. The number of amides is 2. The molecule has 1 atom stereocenters. The molecule has 8 nitrogen and oxygen atoms in total. The highest BCUT2D eigenvalue weighted by atomic mass is 32.2. The molecule has 0 N–H and O–H groups in total. The molecule has 1 aromatic rings. The van der Waals surface area contributed by atoms with Gasteiger partial charge >= 0.3 is 0 Å². The lowest BCUT2D eigenvalue weighted by atomic mass is 10.2. The Kier molecular flexibility index (Phi) is 7.33. The highest BCUT2D eigenvalue weighted by Gasteiger charge is 2.36. The van der Waals surface area contributed by atoms with Gasteiger partial charge in [0.05, 0.1) is 19.1 Å². The molecule has 0 aliphatic carbocycles. The molecule has 9 heteroatoms. The summed E-state index contributed by atoms with van der Waals surface area (Å²) in [5.41, 5.74) is 0. The Bertz CT molecular complexity index is 662. The molecule has 0 aliphatic heterocycles. The van der Waals surface area contributed by atoms with Crippen molar-refractivity contribution in [2.45, 2.75) is 23.0 Å². The van der Waals surface area contributed by atoms with Crippen molar-refractivity contribution in [2.24, 2.45) is 0 Å². The smallest absolute Gasteiger partial charge is 0.264 e. The van der Waals surface area contributed by atoms with Crippen LogP contribution in [0.15, 0.2) is 35.2 Å². The molecule has 0 radical (unpaired) electrons. The molecule has 0 saturated heterocycles. The predicted molar refractivity (Wildman–Crippen MR) is 86.2 cm³/mol. The van der Waals surface area contributed by atoms with Gasteiger partial charge in [0.25, 0.3) is 5.91 Å². The second-order valence-electron chi connectivity index (χ2n) is 4.98. The topological polar surface area (TPSA) is 93.2 Å². The number of hydrogen-bond acceptors (Lipinski definition) is 6. The van der Waals surface area contributed by atoms with Crippen LogP contribution in [0.1, 0.15) is 12.8 Å². The van der Waals surface area contributed by atoms with Gasteiger partial charge in [-0.1, -0.05) is 18.2 Å². The van der Waals surface area contributed by atoms with Gasteiger partial charge in [-0.3, -0.25) is 19.3 Å². The van der Waals surface area contributed by atoms with Gasteiger partial charge < -0.3 is 0 Å². The van der Waals surface area contributed by atoms with Crippen molar-refractivity contribution in [3.05, 3.63) is 30.3 Å².